The van der Waals surface area contributed by atoms with Crippen molar-refractivity contribution in [3.05, 3.63) is 74.9 Å². The van der Waals surface area contributed by atoms with Crippen LogP contribution in [0.5, 0.6) is 5.75 Å². The number of hydrogen-bond acceptors (Lipinski definition) is 7. The summed E-state index contributed by atoms with van der Waals surface area (Å²) in [4.78, 5) is 30.8. The maximum absolute atomic E-state index is 12.7. The van der Waals surface area contributed by atoms with Crippen molar-refractivity contribution in [2.24, 2.45) is 5.11 Å². The van der Waals surface area contributed by atoms with Crippen LogP contribution in [0.2, 0.25) is 0 Å². The number of aromatic nitrogens is 2. The van der Waals surface area contributed by atoms with Crippen LogP contribution >= 0.6 is 0 Å². The molecule has 10 nitrogen and oxygen atoms in total. The molecule has 0 N–H and O–H groups in total. The van der Waals surface area contributed by atoms with Crippen LogP contribution in [0, 0.1) is 0 Å². The summed E-state index contributed by atoms with van der Waals surface area (Å²) in [6.07, 6.45) is -0.826. The molecule has 3 rings (SSSR count). The fourth-order valence-electron chi connectivity index (χ4n) is 3.08. The highest BCUT2D eigenvalue weighted by molar-refractivity contribution is 5.78. The smallest absolute Gasteiger partial charge is 0.261 e. The van der Waals surface area contributed by atoms with Gasteiger partial charge in [-0.25, -0.2) is 4.98 Å². The number of carboxylic acids is 1. The molecule has 0 bridgehead atoms. The lowest BCUT2D eigenvalue weighted by atomic mass is 10.1. The molecule has 0 unspecified atom stereocenters. The van der Waals surface area contributed by atoms with Crippen molar-refractivity contribution in [2.75, 3.05) is 13.2 Å². The number of nitrogens with zero attached hydrogens (tertiary/aromatic N) is 5. The SMILES string of the molecule is CCO[C@@H](Cc1ccc(OCCn2c(N=[N+]=[N-])nc3ccccc3c2=O)cc1)C(=O)[O-]. The van der Waals surface area contributed by atoms with E-state index in [1.165, 1.54) is 4.57 Å². The second-order valence-electron chi connectivity index (χ2n) is 6.53. The van der Waals surface area contributed by atoms with Crippen LogP contribution in [0.1, 0.15) is 12.5 Å². The highest BCUT2D eigenvalue weighted by Crippen LogP contribution is 2.16. The van der Waals surface area contributed by atoms with E-state index in [4.69, 9.17) is 15.0 Å². The third-order valence-electron chi connectivity index (χ3n) is 4.53. The molecule has 1 aromatic heterocycles. The highest BCUT2D eigenvalue weighted by atomic mass is 16.5. The lowest BCUT2D eigenvalue weighted by molar-refractivity contribution is -0.316. The fourth-order valence-corrected chi connectivity index (χ4v) is 3.08. The Bertz CT molecular complexity index is 1170. The van der Waals surface area contributed by atoms with E-state index in [2.05, 4.69) is 15.0 Å². The van der Waals surface area contributed by atoms with Gasteiger partial charge in [0, 0.05) is 17.9 Å². The molecule has 0 fully saturated rings. The summed E-state index contributed by atoms with van der Waals surface area (Å²) in [5, 5.41) is 15.0. The number of carbonyl (C=O) groups excluding carboxylic acids is 1. The molecule has 1 atom stereocenters. The average molecular weight is 422 g/mol. The van der Waals surface area contributed by atoms with Gasteiger partial charge in [-0.15, -0.1) is 0 Å². The lowest BCUT2D eigenvalue weighted by Crippen LogP contribution is -2.39. The van der Waals surface area contributed by atoms with E-state index in [9.17, 15) is 14.7 Å². The minimum Gasteiger partial charge on any atom is -0.547 e. The molecular formula is C21H20N5O5-. The zero-order chi connectivity index (χ0) is 22.2. The molecule has 0 saturated heterocycles. The Kier molecular flexibility index (Phi) is 7.21. The monoisotopic (exact) mass is 422 g/mol. The zero-order valence-corrected chi connectivity index (χ0v) is 16.8. The largest absolute Gasteiger partial charge is 0.547 e. The van der Waals surface area contributed by atoms with Gasteiger partial charge in [-0.1, -0.05) is 24.3 Å². The van der Waals surface area contributed by atoms with Gasteiger partial charge >= 0.3 is 0 Å². The number of azide groups is 1. The molecule has 160 valence electrons. The molecule has 2 aromatic carbocycles. The summed E-state index contributed by atoms with van der Waals surface area (Å²) in [5.41, 5.74) is 9.67. The maximum Gasteiger partial charge on any atom is 0.261 e. The minimum absolute atomic E-state index is 0.0330. The van der Waals surface area contributed by atoms with E-state index in [0.29, 0.717) is 16.7 Å². The van der Waals surface area contributed by atoms with Gasteiger partial charge in [0.1, 0.15) is 18.5 Å². The van der Waals surface area contributed by atoms with E-state index in [1.54, 1.807) is 55.5 Å². The zero-order valence-electron chi connectivity index (χ0n) is 16.8. The first-order valence-electron chi connectivity index (χ1n) is 9.62. The molecule has 0 aliphatic heterocycles. The van der Waals surface area contributed by atoms with Crippen molar-refractivity contribution in [2.45, 2.75) is 26.0 Å². The van der Waals surface area contributed by atoms with Crippen molar-refractivity contribution >= 4 is 22.8 Å². The highest BCUT2D eigenvalue weighted by Gasteiger charge is 2.12. The quantitative estimate of drug-likeness (QED) is 0.278. The Morgan fingerprint density at radius 1 is 1.26 bits per heavy atom. The van der Waals surface area contributed by atoms with Gasteiger partial charge in [0.2, 0.25) is 0 Å². The van der Waals surface area contributed by atoms with Crippen LogP contribution in [-0.4, -0.2) is 34.8 Å². The van der Waals surface area contributed by atoms with Gasteiger partial charge in [0.25, 0.3) is 5.56 Å². The first-order valence-corrected chi connectivity index (χ1v) is 9.62. The molecule has 3 aromatic rings. The molecule has 0 spiro atoms. The lowest BCUT2D eigenvalue weighted by Gasteiger charge is -2.18. The normalized spacial score (nSPS) is 11.6. The molecule has 0 amide bonds. The first-order chi connectivity index (χ1) is 15.0. The Balaban J connectivity index is 1.69. The van der Waals surface area contributed by atoms with Gasteiger partial charge in [-0.05, 0) is 47.4 Å². The summed E-state index contributed by atoms with van der Waals surface area (Å²) in [7, 11) is 0. The van der Waals surface area contributed by atoms with Crippen molar-refractivity contribution in [3.63, 3.8) is 0 Å². The van der Waals surface area contributed by atoms with Crippen LogP contribution < -0.4 is 15.4 Å². The summed E-state index contributed by atoms with van der Waals surface area (Å²) >= 11 is 0. The summed E-state index contributed by atoms with van der Waals surface area (Å²) in [6.45, 7) is 2.26. The van der Waals surface area contributed by atoms with E-state index >= 15 is 0 Å². The van der Waals surface area contributed by atoms with Crippen LogP contribution in [0.25, 0.3) is 21.3 Å². The van der Waals surface area contributed by atoms with E-state index in [1.807, 2.05) is 0 Å². The van der Waals surface area contributed by atoms with E-state index in [-0.39, 0.29) is 37.7 Å². The average Bonchev–Trinajstić information content (AvgIpc) is 2.77. The fraction of sp³-hybridized carbons (Fsp3) is 0.286. The number of para-hydroxylation sites is 1. The van der Waals surface area contributed by atoms with Gasteiger partial charge in [0.05, 0.1) is 23.4 Å². The molecule has 10 heteroatoms. The molecule has 31 heavy (non-hydrogen) atoms. The van der Waals surface area contributed by atoms with Crippen molar-refractivity contribution in [1.82, 2.24) is 9.55 Å². The Labute approximate surface area is 177 Å². The summed E-state index contributed by atoms with van der Waals surface area (Å²) in [5.74, 6) is -0.751. The molecule has 0 aliphatic rings. The minimum atomic E-state index is -1.26. The first kappa shape index (κ1) is 21.8. The summed E-state index contributed by atoms with van der Waals surface area (Å²) < 4.78 is 12.1. The van der Waals surface area contributed by atoms with Gasteiger partial charge in [-0.3, -0.25) is 9.36 Å². The number of hydrogen-bond donors (Lipinski definition) is 0. The second kappa shape index (κ2) is 10.2. The number of benzene rings is 2. The predicted molar refractivity (Wildman–Crippen MR) is 111 cm³/mol. The molecule has 1 heterocycles. The number of rotatable bonds is 10. The molecular weight excluding hydrogens is 402 g/mol. The maximum atomic E-state index is 12.7. The van der Waals surface area contributed by atoms with Gasteiger partial charge < -0.3 is 19.4 Å². The number of fused-ring (bicyclic) bond motifs is 1. The molecule has 0 saturated carbocycles. The number of aliphatic carboxylic acids is 1. The Hall–Kier alpha value is -3.88. The van der Waals surface area contributed by atoms with E-state index in [0.717, 1.165) is 5.56 Å². The van der Waals surface area contributed by atoms with Crippen molar-refractivity contribution in [3.8, 4) is 5.75 Å². The van der Waals surface area contributed by atoms with Gasteiger partial charge in [-0.2, -0.15) is 0 Å². The van der Waals surface area contributed by atoms with Crippen LogP contribution in [0.3, 0.4) is 0 Å². The van der Waals surface area contributed by atoms with E-state index < -0.39 is 12.1 Å². The van der Waals surface area contributed by atoms with Crippen molar-refractivity contribution in [1.29, 1.82) is 0 Å². The third kappa shape index (κ3) is 5.39. The third-order valence-corrected chi connectivity index (χ3v) is 4.53. The number of carbonyl (C=O) groups is 1. The number of ether oxygens (including phenoxy) is 2. The second-order valence-corrected chi connectivity index (χ2v) is 6.53. The molecule has 0 aliphatic carbocycles. The summed E-state index contributed by atoms with van der Waals surface area (Å²) in [6, 6.07) is 13.7. The predicted octanol–water partition coefficient (Wildman–Crippen LogP) is 2.11. The van der Waals surface area contributed by atoms with Gasteiger partial charge in [0.15, 0.2) is 5.95 Å². The van der Waals surface area contributed by atoms with Crippen LogP contribution in [0.4, 0.5) is 5.95 Å². The Morgan fingerprint density at radius 2 is 2.00 bits per heavy atom. The van der Waals surface area contributed by atoms with Crippen LogP contribution in [-0.2, 0) is 22.5 Å². The van der Waals surface area contributed by atoms with Crippen LogP contribution in [0.15, 0.2) is 58.4 Å². The standard InChI is InChI=1S/C21H21N5O5/c1-2-30-18(20(28)29)13-14-7-9-15(10-8-14)31-12-11-26-19(27)16-5-3-4-6-17(16)23-21(26)24-25-22/h3-10,18H,2,11-13H2,1H3,(H,28,29)/p-1/t18-/m0/s1. The topological polar surface area (TPSA) is 142 Å². The number of carboxylic acid groups (broad SMARTS) is 1. The Morgan fingerprint density at radius 3 is 2.68 bits per heavy atom. The van der Waals surface area contributed by atoms with Crippen molar-refractivity contribution < 1.29 is 19.4 Å². The molecule has 0 radical (unpaired) electrons.